The van der Waals surface area contributed by atoms with Crippen LogP contribution >= 0.6 is 11.8 Å². The van der Waals surface area contributed by atoms with Gasteiger partial charge in [-0.25, -0.2) is 27.9 Å². The number of para-hydroxylation sites is 2. The summed E-state index contributed by atoms with van der Waals surface area (Å²) < 4.78 is 76.6. The molecule has 1 aliphatic carbocycles. The van der Waals surface area contributed by atoms with Crippen molar-refractivity contribution < 1.29 is 59.3 Å². The first-order valence-electron chi connectivity index (χ1n) is 23.5. The molecule has 0 radical (unpaired) electrons. The van der Waals surface area contributed by atoms with Gasteiger partial charge in [0, 0.05) is 95.9 Å². The van der Waals surface area contributed by atoms with Crippen molar-refractivity contribution in [3.8, 4) is 22.5 Å². The molecule has 73 heavy (non-hydrogen) atoms. The number of hydroxylamine groups is 2. The molecule has 4 aromatic carbocycles. The SMILES string of the molecule is CN(CC1=C(C(=O)O)N2C(=O)C(=NC(=O)C3CC[C@H]4C[NH+]3C(=O)N4OS(=O)(=O)O)[C@H]2SC1)S(=O)(=O)c1ccccc1-c1c2ccc(=[N+]3CCc4ccccc43)cc-2oc2cc(N3CCc4ccccc43)ccc12. The third kappa shape index (κ3) is 7.86. The number of hydrogen-bond donors (Lipinski definition) is 3. The van der Waals surface area contributed by atoms with Gasteiger partial charge in [-0.3, -0.25) is 19.0 Å². The Kier molecular flexibility index (Phi) is 11.3. The summed E-state index contributed by atoms with van der Waals surface area (Å²) in [6.45, 7) is 1.15. The molecule has 4 amide bonds. The molecule has 4 atom stereocenters. The Morgan fingerprint density at radius 3 is 2.49 bits per heavy atom. The van der Waals surface area contributed by atoms with Gasteiger partial charge < -0.3 is 14.4 Å². The lowest BCUT2D eigenvalue weighted by Crippen LogP contribution is -3.18. The summed E-state index contributed by atoms with van der Waals surface area (Å²) in [4.78, 5) is 60.5. The second-order valence-corrected chi connectivity index (χ2v) is 22.8. The fourth-order valence-electron chi connectivity index (χ4n) is 11.2. The van der Waals surface area contributed by atoms with Crippen molar-refractivity contribution >= 4 is 89.7 Å². The van der Waals surface area contributed by atoms with Gasteiger partial charge >= 0.3 is 28.3 Å². The summed E-state index contributed by atoms with van der Waals surface area (Å²) in [7, 11) is -8.07. The zero-order chi connectivity index (χ0) is 50.7. The third-order valence-corrected chi connectivity index (χ3v) is 18.1. The summed E-state index contributed by atoms with van der Waals surface area (Å²) >= 11 is 1.09. The van der Waals surface area contributed by atoms with Crippen LogP contribution in [0.3, 0.4) is 0 Å². The van der Waals surface area contributed by atoms with E-state index in [-0.39, 0.29) is 46.2 Å². The maximum absolute atomic E-state index is 15.0. The van der Waals surface area contributed by atoms with Gasteiger partial charge in [0.25, 0.3) is 5.91 Å². The Morgan fingerprint density at radius 1 is 0.918 bits per heavy atom. The number of β-lactam (4-membered cyclic amide) rings is 1. The van der Waals surface area contributed by atoms with Gasteiger partial charge in [0.2, 0.25) is 21.1 Å². The summed E-state index contributed by atoms with van der Waals surface area (Å²) in [6.07, 6.45) is 2.01. The van der Waals surface area contributed by atoms with E-state index in [2.05, 4.69) is 43.0 Å². The number of carboxylic acids is 1. The lowest BCUT2D eigenvalue weighted by Gasteiger charge is -2.44. The number of quaternary nitrogens is 1. The number of carbonyl (C=O) groups is 4. The number of piperidine rings is 1. The van der Waals surface area contributed by atoms with E-state index in [0.717, 1.165) is 69.3 Å². The number of carboxylic acid groups (broad SMARTS) is 1. The number of thioether (sulfide) groups is 1. The number of fused-ring (bicyclic) bond motifs is 7. The lowest BCUT2D eigenvalue weighted by atomic mass is 9.93. The van der Waals surface area contributed by atoms with Gasteiger partial charge in [0.15, 0.2) is 12.6 Å². The normalized spacial score (nSPS) is 22.9. The molecule has 2 bridgehead atoms. The second kappa shape index (κ2) is 17.6. The zero-order valence-corrected chi connectivity index (χ0v) is 41.3. The van der Waals surface area contributed by atoms with E-state index in [1.807, 2.05) is 60.7 Å². The molecular formula is C51H45N7O12S3+2. The fraction of sp³-hybridized carbons (Fsp3) is 0.255. The number of benzene rings is 5. The number of amides is 4. The van der Waals surface area contributed by atoms with Crippen LogP contribution in [-0.2, 0) is 51.9 Å². The third-order valence-electron chi connectivity index (χ3n) is 14.6. The molecule has 8 aliphatic rings. The first kappa shape index (κ1) is 47.0. The Morgan fingerprint density at radius 2 is 1.68 bits per heavy atom. The highest BCUT2D eigenvalue weighted by molar-refractivity contribution is 8.01. The van der Waals surface area contributed by atoms with Gasteiger partial charge in [-0.05, 0) is 54.3 Å². The quantitative estimate of drug-likeness (QED) is 0.0763. The van der Waals surface area contributed by atoms with Crippen molar-refractivity contribution in [1.82, 2.24) is 18.8 Å². The number of aliphatic carboxylic acids is 1. The number of carbonyl (C=O) groups excluding carboxylic acids is 3. The maximum atomic E-state index is 15.0. The monoisotopic (exact) mass is 1040 g/mol. The number of nitrogens with zero attached hydrogens (tertiary/aromatic N) is 6. The minimum atomic E-state index is -5.01. The van der Waals surface area contributed by atoms with Crippen LogP contribution in [-0.4, -0.2) is 127 Å². The van der Waals surface area contributed by atoms with E-state index in [1.165, 1.54) is 24.2 Å². The molecule has 19 nitrogen and oxygen atoms in total. The molecule has 0 spiro atoms. The van der Waals surface area contributed by atoms with Crippen molar-refractivity contribution in [3.63, 3.8) is 0 Å². The van der Waals surface area contributed by atoms with E-state index in [4.69, 9.17) is 8.97 Å². The molecule has 7 aliphatic heterocycles. The molecule has 3 saturated heterocycles. The molecule has 2 unspecified atom stereocenters. The molecule has 4 aromatic rings. The van der Waals surface area contributed by atoms with Crippen molar-refractivity contribution in [2.45, 2.75) is 48.0 Å². The number of nitrogens with one attached hydrogen (secondary N) is 1. The summed E-state index contributed by atoms with van der Waals surface area (Å²) in [5, 5.41) is 11.7. The molecule has 3 fully saturated rings. The van der Waals surface area contributed by atoms with Crippen LogP contribution < -0.4 is 19.7 Å². The van der Waals surface area contributed by atoms with E-state index >= 15 is 8.42 Å². The number of urea groups is 1. The van der Waals surface area contributed by atoms with Gasteiger partial charge in [0.1, 0.15) is 40.7 Å². The highest BCUT2D eigenvalue weighted by atomic mass is 32.3. The topological polar surface area (TPSA) is 232 Å². The Labute approximate surface area is 422 Å². The smallest absolute Gasteiger partial charge is 0.443 e. The van der Waals surface area contributed by atoms with Gasteiger partial charge in [-0.1, -0.05) is 54.6 Å². The molecule has 372 valence electrons. The average Bonchev–Trinajstić information content (AvgIpc) is 4.08. The van der Waals surface area contributed by atoms with Crippen molar-refractivity contribution in [2.75, 3.05) is 43.9 Å². The van der Waals surface area contributed by atoms with Gasteiger partial charge in [-0.15, -0.1) is 21.1 Å². The fourth-order valence-corrected chi connectivity index (χ4v) is 14.2. The van der Waals surface area contributed by atoms with Crippen LogP contribution in [0.25, 0.3) is 33.4 Å². The van der Waals surface area contributed by atoms with Crippen molar-refractivity contribution in [2.24, 2.45) is 4.99 Å². The van der Waals surface area contributed by atoms with Crippen molar-refractivity contribution in [1.29, 1.82) is 0 Å². The Bertz CT molecular complexity index is 3760. The number of aliphatic imine (C=N–C) groups is 1. The predicted molar refractivity (Wildman–Crippen MR) is 268 cm³/mol. The number of likely N-dealkylation sites (N-methyl/N-ethyl adjacent to an activating group) is 1. The summed E-state index contributed by atoms with van der Waals surface area (Å²) in [6, 6.07) is 32.5. The van der Waals surface area contributed by atoms with Crippen LogP contribution in [0.4, 0.5) is 21.9 Å². The van der Waals surface area contributed by atoms with Crippen LogP contribution in [0.15, 0.2) is 135 Å². The number of sulfonamides is 1. The Hall–Kier alpha value is -7.05. The van der Waals surface area contributed by atoms with Crippen LogP contribution in [0.1, 0.15) is 24.0 Å². The van der Waals surface area contributed by atoms with Crippen LogP contribution in [0.5, 0.6) is 0 Å². The first-order chi connectivity index (χ1) is 35.1. The minimum absolute atomic E-state index is 0.0105. The first-order valence-corrected chi connectivity index (χ1v) is 27.4. The van der Waals surface area contributed by atoms with E-state index in [0.29, 0.717) is 38.5 Å². The highest BCUT2D eigenvalue weighted by Gasteiger charge is 2.56. The van der Waals surface area contributed by atoms with Crippen LogP contribution in [0.2, 0.25) is 0 Å². The van der Waals surface area contributed by atoms with Gasteiger partial charge in [-0.2, -0.15) is 17.3 Å². The number of anilines is 2. The number of rotatable bonds is 10. The molecule has 7 heterocycles. The second-order valence-electron chi connectivity index (χ2n) is 18.7. The molecule has 0 saturated carbocycles. The standard InChI is InChI=1S/C51H43N7O12S3/c1-53(26-31-28-71-49-45(48(60)57(49)46(31)50(61)62)52-47(59)40-19-16-34-27-56(40)51(63)58(34)70-73(66,67)68)72(64,65)43-13-7-4-10-37(43)44-35-17-14-32(54-22-20-29-8-2-5-11-38(29)54)24-41(35)69-42-25-33(15-18-36(42)44)55-23-21-30-9-3-6-12-39(30)55/h2-15,17-18,24-25,34,40,49H,16,19-23,26-28H2,1H3,(H-,61,62,66,67,68)/p+2/t34-,40?,49+/m0/s1. The van der Waals surface area contributed by atoms with Gasteiger partial charge in [0.05, 0.1) is 11.0 Å². The van der Waals surface area contributed by atoms with E-state index in [9.17, 15) is 32.7 Å². The maximum Gasteiger partial charge on any atom is 0.443 e. The molecule has 12 rings (SSSR count). The molecule has 3 N–H and O–H groups in total. The Balaban J connectivity index is 0.877. The summed E-state index contributed by atoms with van der Waals surface area (Å²) in [5.41, 5.74) is 7.37. The van der Waals surface area contributed by atoms with E-state index < -0.39 is 73.9 Å². The minimum Gasteiger partial charge on any atom is -0.477 e. The molecular weight excluding hydrogens is 999 g/mol. The van der Waals surface area contributed by atoms with Crippen molar-refractivity contribution in [3.05, 3.63) is 137 Å². The largest absolute Gasteiger partial charge is 0.477 e. The zero-order valence-electron chi connectivity index (χ0n) is 38.9. The van der Waals surface area contributed by atoms with E-state index in [1.54, 1.807) is 18.2 Å². The molecule has 0 aromatic heterocycles. The number of hydrogen-bond acceptors (Lipinski definition) is 12. The summed E-state index contributed by atoms with van der Waals surface area (Å²) in [5.74, 6) is -2.66. The van der Waals surface area contributed by atoms with Crippen LogP contribution in [0, 0.1) is 0 Å². The highest BCUT2D eigenvalue weighted by Crippen LogP contribution is 2.45. The average molecular weight is 1040 g/mol. The predicted octanol–water partition coefficient (Wildman–Crippen LogP) is 3.99. The lowest BCUT2D eigenvalue weighted by molar-refractivity contribution is -0.830. The molecule has 22 heteroatoms.